The van der Waals surface area contributed by atoms with Crippen LogP contribution in [-0.4, -0.2) is 53.0 Å². The molecule has 1 aromatic carbocycles. The third-order valence-electron chi connectivity index (χ3n) is 3.72. The van der Waals surface area contributed by atoms with Crippen LogP contribution < -0.4 is 10.6 Å². The molecular weight excluding hydrogens is 302 g/mol. The molecule has 0 fully saturated rings. The zero-order valence-electron chi connectivity index (χ0n) is 15.8. The molecule has 0 unspecified atom stereocenters. The fraction of sp³-hybridized carbons (Fsp3) is 0.632. The molecule has 5 heteroatoms. The van der Waals surface area contributed by atoms with Gasteiger partial charge in [-0.2, -0.15) is 0 Å². The van der Waals surface area contributed by atoms with Gasteiger partial charge in [-0.15, -0.1) is 0 Å². The van der Waals surface area contributed by atoms with Gasteiger partial charge < -0.3 is 20.1 Å². The van der Waals surface area contributed by atoms with Gasteiger partial charge in [0.1, 0.15) is 0 Å². The van der Waals surface area contributed by atoms with E-state index in [0.717, 1.165) is 25.5 Å². The minimum atomic E-state index is 0.202. The molecule has 0 heterocycles. The van der Waals surface area contributed by atoms with Crippen LogP contribution in [0, 0.1) is 0 Å². The number of nitrogens with one attached hydrogen (secondary N) is 2. The molecule has 136 valence electrons. The summed E-state index contributed by atoms with van der Waals surface area (Å²) >= 11 is 0. The molecule has 0 amide bonds. The Balaban J connectivity index is 2.24. The molecule has 0 spiro atoms. The Hall–Kier alpha value is -1.59. The van der Waals surface area contributed by atoms with Crippen molar-refractivity contribution in [1.82, 2.24) is 10.6 Å². The summed E-state index contributed by atoms with van der Waals surface area (Å²) in [4.78, 5) is 4.21. The first-order valence-corrected chi connectivity index (χ1v) is 8.58. The summed E-state index contributed by atoms with van der Waals surface area (Å²) in [5.41, 5.74) is 2.90. The molecule has 0 bridgehead atoms. The molecule has 1 aromatic rings. The van der Waals surface area contributed by atoms with Crippen LogP contribution in [0.25, 0.3) is 0 Å². The van der Waals surface area contributed by atoms with E-state index in [1.54, 1.807) is 14.2 Å². The molecule has 5 nitrogen and oxygen atoms in total. The van der Waals surface area contributed by atoms with Crippen LogP contribution in [0.5, 0.6) is 0 Å². The lowest BCUT2D eigenvalue weighted by atomic mass is 9.86. The molecule has 0 saturated heterocycles. The second kappa shape index (κ2) is 11.0. The van der Waals surface area contributed by atoms with Crippen molar-refractivity contribution in [3.05, 3.63) is 35.4 Å². The number of aliphatic imine (C=N–C) groups is 1. The first kappa shape index (κ1) is 20.5. The van der Waals surface area contributed by atoms with Crippen LogP contribution in [0.15, 0.2) is 29.3 Å². The molecular formula is C19H33N3O2. The summed E-state index contributed by atoms with van der Waals surface area (Å²) in [6, 6.07) is 8.86. The predicted molar refractivity (Wildman–Crippen MR) is 101 cm³/mol. The highest BCUT2D eigenvalue weighted by molar-refractivity contribution is 5.79. The van der Waals surface area contributed by atoms with Crippen molar-refractivity contribution < 1.29 is 9.47 Å². The zero-order valence-corrected chi connectivity index (χ0v) is 15.8. The van der Waals surface area contributed by atoms with E-state index in [0.29, 0.717) is 19.8 Å². The number of benzene rings is 1. The summed E-state index contributed by atoms with van der Waals surface area (Å²) in [6.07, 6.45) is 0.968. The van der Waals surface area contributed by atoms with Gasteiger partial charge in [-0.3, -0.25) is 4.99 Å². The van der Waals surface area contributed by atoms with Crippen LogP contribution in [-0.2, 0) is 21.3 Å². The number of guanidine groups is 1. The van der Waals surface area contributed by atoms with Crippen LogP contribution in [0.2, 0.25) is 0 Å². The van der Waals surface area contributed by atoms with Gasteiger partial charge in [0.15, 0.2) is 5.96 Å². The molecule has 0 radical (unpaired) electrons. The smallest absolute Gasteiger partial charge is 0.191 e. The van der Waals surface area contributed by atoms with Gasteiger partial charge in [0.05, 0.1) is 19.8 Å². The second-order valence-electron chi connectivity index (χ2n) is 6.73. The maximum atomic E-state index is 5.41. The summed E-state index contributed by atoms with van der Waals surface area (Å²) in [7, 11) is 3.45. The molecule has 2 N–H and O–H groups in total. The van der Waals surface area contributed by atoms with Crippen molar-refractivity contribution in [2.45, 2.75) is 32.6 Å². The van der Waals surface area contributed by atoms with E-state index >= 15 is 0 Å². The highest BCUT2D eigenvalue weighted by Gasteiger charge is 2.12. The maximum Gasteiger partial charge on any atom is 0.191 e. The lowest BCUT2D eigenvalue weighted by Crippen LogP contribution is -2.39. The summed E-state index contributed by atoms with van der Waals surface area (Å²) in [5.74, 6) is 0.802. The minimum Gasteiger partial charge on any atom is -0.382 e. The van der Waals surface area contributed by atoms with E-state index in [-0.39, 0.29) is 5.41 Å². The Morgan fingerprint density at radius 2 is 1.67 bits per heavy atom. The van der Waals surface area contributed by atoms with E-state index in [2.05, 4.69) is 60.7 Å². The van der Waals surface area contributed by atoms with Crippen LogP contribution >= 0.6 is 0 Å². The summed E-state index contributed by atoms with van der Waals surface area (Å²) in [5, 5.41) is 6.56. The Morgan fingerprint density at radius 3 is 2.25 bits per heavy atom. The minimum absolute atomic E-state index is 0.202. The van der Waals surface area contributed by atoms with Gasteiger partial charge in [0.2, 0.25) is 0 Å². The third kappa shape index (κ3) is 8.31. The summed E-state index contributed by atoms with van der Waals surface area (Å²) in [6.45, 7) is 10.2. The van der Waals surface area contributed by atoms with Crippen LogP contribution in [0.4, 0.5) is 0 Å². The number of methoxy groups -OCH3 is 1. The van der Waals surface area contributed by atoms with E-state index in [9.17, 15) is 0 Å². The molecule has 0 aliphatic rings. The summed E-state index contributed by atoms with van der Waals surface area (Å²) < 4.78 is 10.3. The van der Waals surface area contributed by atoms with Crippen molar-refractivity contribution >= 4 is 5.96 Å². The fourth-order valence-corrected chi connectivity index (χ4v) is 2.20. The number of rotatable bonds is 9. The van der Waals surface area contributed by atoms with E-state index < -0.39 is 0 Å². The van der Waals surface area contributed by atoms with Gasteiger partial charge in [0.25, 0.3) is 0 Å². The Labute approximate surface area is 146 Å². The highest BCUT2D eigenvalue weighted by Crippen LogP contribution is 2.22. The first-order chi connectivity index (χ1) is 11.5. The topological polar surface area (TPSA) is 54.9 Å². The van der Waals surface area contributed by atoms with E-state index in [1.165, 1.54) is 11.1 Å². The van der Waals surface area contributed by atoms with Crippen molar-refractivity contribution in [1.29, 1.82) is 0 Å². The van der Waals surface area contributed by atoms with Crippen molar-refractivity contribution in [3.63, 3.8) is 0 Å². The SMILES string of the molecule is CN=C(NCCOCCOC)NCCc1ccc(C(C)(C)C)cc1. The maximum absolute atomic E-state index is 5.41. The largest absolute Gasteiger partial charge is 0.382 e. The van der Waals surface area contributed by atoms with Crippen LogP contribution in [0.3, 0.4) is 0 Å². The van der Waals surface area contributed by atoms with E-state index in [4.69, 9.17) is 9.47 Å². The van der Waals surface area contributed by atoms with Crippen molar-refractivity contribution in [2.24, 2.45) is 4.99 Å². The molecule has 24 heavy (non-hydrogen) atoms. The fourth-order valence-electron chi connectivity index (χ4n) is 2.20. The van der Waals surface area contributed by atoms with Gasteiger partial charge >= 0.3 is 0 Å². The van der Waals surface area contributed by atoms with Crippen molar-refractivity contribution in [3.8, 4) is 0 Å². The van der Waals surface area contributed by atoms with Gasteiger partial charge in [-0.25, -0.2) is 0 Å². The van der Waals surface area contributed by atoms with Gasteiger partial charge in [-0.1, -0.05) is 45.0 Å². The number of hydrogen-bond donors (Lipinski definition) is 2. The average molecular weight is 335 g/mol. The lowest BCUT2D eigenvalue weighted by Gasteiger charge is -2.19. The Kier molecular flexibility index (Phi) is 9.42. The molecule has 1 rings (SSSR count). The first-order valence-electron chi connectivity index (χ1n) is 8.58. The average Bonchev–Trinajstić information content (AvgIpc) is 2.56. The van der Waals surface area contributed by atoms with E-state index in [1.807, 2.05) is 0 Å². The number of nitrogens with zero attached hydrogens (tertiary/aromatic N) is 1. The quantitative estimate of drug-likeness (QED) is 0.413. The number of hydrogen-bond acceptors (Lipinski definition) is 3. The monoisotopic (exact) mass is 335 g/mol. The zero-order chi connectivity index (χ0) is 17.8. The van der Waals surface area contributed by atoms with Gasteiger partial charge in [0, 0.05) is 27.2 Å². The molecule has 0 aliphatic heterocycles. The molecule has 0 aromatic heterocycles. The normalized spacial score (nSPS) is 12.3. The predicted octanol–water partition coefficient (Wildman–Crippen LogP) is 2.35. The molecule has 0 saturated carbocycles. The Morgan fingerprint density at radius 1 is 1.00 bits per heavy atom. The van der Waals surface area contributed by atoms with Crippen LogP contribution in [0.1, 0.15) is 31.9 Å². The third-order valence-corrected chi connectivity index (χ3v) is 3.72. The Bertz CT molecular complexity index is 478. The second-order valence-corrected chi connectivity index (χ2v) is 6.73. The standard InChI is InChI=1S/C19H33N3O2/c1-19(2,3)17-8-6-16(7-9-17)10-11-21-18(20-4)22-12-13-24-15-14-23-5/h6-9H,10-15H2,1-5H3,(H2,20,21,22). The van der Waals surface area contributed by atoms with Gasteiger partial charge in [-0.05, 0) is 23.0 Å². The highest BCUT2D eigenvalue weighted by atomic mass is 16.5. The molecule has 0 aliphatic carbocycles. The molecule has 0 atom stereocenters. The number of ether oxygens (including phenoxy) is 2. The van der Waals surface area contributed by atoms with Crippen molar-refractivity contribution in [2.75, 3.05) is 47.1 Å². The lowest BCUT2D eigenvalue weighted by molar-refractivity contribution is 0.0733.